The van der Waals surface area contributed by atoms with E-state index >= 15 is 0 Å². The molecule has 13 nitrogen and oxygen atoms in total. The molecule has 0 spiro atoms. The first-order chi connectivity index (χ1) is 25.3. The molecule has 0 fully saturated rings. The molecule has 0 heterocycles. The largest absolute Gasteiger partial charge is 0.466 e. The molecule has 304 valence electrons. The van der Waals surface area contributed by atoms with E-state index in [0.29, 0.717) is 64.6 Å². The number of carbonyl (C=O) groups is 6. The fraction of sp³-hybridized carbons (Fsp3) is 0.750. The Bertz CT molecular complexity index is 1100. The molecule has 0 aliphatic carbocycles. The van der Waals surface area contributed by atoms with Crippen LogP contribution in [-0.2, 0) is 57.2 Å². The molecule has 0 aliphatic rings. The van der Waals surface area contributed by atoms with Gasteiger partial charge in [-0.1, -0.05) is 52.4 Å². The third kappa shape index (κ3) is 34.0. The molecule has 0 saturated heterocycles. The molecule has 4 atom stereocenters. The number of ketones is 1. The Morgan fingerprint density at radius 2 is 0.906 bits per heavy atom. The van der Waals surface area contributed by atoms with Gasteiger partial charge in [0.25, 0.3) is 0 Å². The van der Waals surface area contributed by atoms with Gasteiger partial charge in [0, 0.05) is 44.6 Å². The summed E-state index contributed by atoms with van der Waals surface area (Å²) in [6, 6.07) is 0. The second-order valence-corrected chi connectivity index (χ2v) is 13.7. The Kier molecular flexibility index (Phi) is 30.8. The minimum Gasteiger partial charge on any atom is -0.466 e. The lowest BCUT2D eigenvalue weighted by molar-refractivity contribution is -0.145. The Balaban J connectivity index is 3.65. The minimum atomic E-state index is -0.782. The van der Waals surface area contributed by atoms with Crippen molar-refractivity contribution in [2.45, 2.75) is 143 Å². The van der Waals surface area contributed by atoms with Crippen molar-refractivity contribution in [2.75, 3.05) is 40.1 Å². The summed E-state index contributed by atoms with van der Waals surface area (Å²) in [4.78, 5) is 70.7. The van der Waals surface area contributed by atoms with Crippen molar-refractivity contribution in [3.05, 3.63) is 24.3 Å². The standard InChI is InChI=1S/C40H66O13/c1-31(24-28-51-38(45)21-18-35(42)17-16-34(4)48-5)14-19-36(43)49-26-12-10-8-6-7-9-11-13-27-50-37(44)20-15-32(2)25-29-52-39(46)22-23-40(47)53-30-33(3)41/h18,21-23,31-34,41H,6-17,19-20,24-30H2,1-5H3/b21-18+,23-22+. The van der Waals surface area contributed by atoms with Crippen molar-refractivity contribution in [1.29, 1.82) is 0 Å². The van der Waals surface area contributed by atoms with Gasteiger partial charge in [-0.15, -0.1) is 0 Å². The lowest BCUT2D eigenvalue weighted by atomic mass is 10.0. The van der Waals surface area contributed by atoms with E-state index in [9.17, 15) is 28.8 Å². The van der Waals surface area contributed by atoms with Gasteiger partial charge in [-0.05, 0) is 76.7 Å². The molecular weight excluding hydrogens is 688 g/mol. The third-order valence-electron chi connectivity index (χ3n) is 8.38. The summed E-state index contributed by atoms with van der Waals surface area (Å²) in [7, 11) is 1.59. The van der Waals surface area contributed by atoms with Crippen LogP contribution >= 0.6 is 0 Å². The van der Waals surface area contributed by atoms with E-state index in [4.69, 9.17) is 33.5 Å². The van der Waals surface area contributed by atoms with E-state index in [1.165, 1.54) is 13.0 Å². The summed E-state index contributed by atoms with van der Waals surface area (Å²) in [5, 5.41) is 9.07. The molecule has 4 unspecified atom stereocenters. The molecule has 0 aromatic heterocycles. The highest BCUT2D eigenvalue weighted by Crippen LogP contribution is 2.14. The number of allylic oxidation sites excluding steroid dienone is 1. The highest BCUT2D eigenvalue weighted by Gasteiger charge is 2.11. The molecule has 0 saturated carbocycles. The van der Waals surface area contributed by atoms with Crippen LogP contribution in [0.5, 0.6) is 0 Å². The number of aliphatic hydroxyl groups is 1. The number of esters is 5. The van der Waals surface area contributed by atoms with Crippen molar-refractivity contribution in [3.63, 3.8) is 0 Å². The first-order valence-corrected chi connectivity index (χ1v) is 19.2. The fourth-order valence-electron chi connectivity index (χ4n) is 4.71. The van der Waals surface area contributed by atoms with Gasteiger partial charge in [0.15, 0.2) is 5.78 Å². The molecule has 0 aromatic rings. The van der Waals surface area contributed by atoms with Crippen molar-refractivity contribution in [2.24, 2.45) is 11.8 Å². The normalized spacial score (nSPS) is 13.6. The predicted octanol–water partition coefficient (Wildman–Crippen LogP) is 6.31. The number of unbranched alkanes of at least 4 members (excludes halogenated alkanes) is 7. The number of methoxy groups -OCH3 is 1. The zero-order valence-electron chi connectivity index (χ0n) is 32.8. The summed E-state index contributed by atoms with van der Waals surface area (Å²) in [6.45, 7) is 8.38. The molecule has 0 radical (unpaired) electrons. The topological polar surface area (TPSA) is 178 Å². The summed E-state index contributed by atoms with van der Waals surface area (Å²) in [6.07, 6.45) is 15.5. The van der Waals surface area contributed by atoms with E-state index < -0.39 is 24.0 Å². The molecule has 0 aromatic carbocycles. The highest BCUT2D eigenvalue weighted by atomic mass is 16.6. The maximum absolute atomic E-state index is 12.1. The second kappa shape index (κ2) is 33.0. The minimum absolute atomic E-state index is 0.0116. The molecule has 1 N–H and O–H groups in total. The van der Waals surface area contributed by atoms with E-state index in [0.717, 1.165) is 69.6 Å². The van der Waals surface area contributed by atoms with Crippen LogP contribution in [0.1, 0.15) is 130 Å². The lowest BCUT2D eigenvalue weighted by Crippen LogP contribution is -2.14. The van der Waals surface area contributed by atoms with Crippen LogP contribution in [0.2, 0.25) is 0 Å². The summed E-state index contributed by atoms with van der Waals surface area (Å²) in [5.41, 5.74) is 0. The van der Waals surface area contributed by atoms with Gasteiger partial charge in [0.2, 0.25) is 0 Å². The van der Waals surface area contributed by atoms with Gasteiger partial charge >= 0.3 is 29.8 Å². The van der Waals surface area contributed by atoms with Gasteiger partial charge in [0.1, 0.15) is 6.61 Å². The number of ether oxygens (including phenoxy) is 6. The van der Waals surface area contributed by atoms with E-state index in [2.05, 4.69) is 0 Å². The average Bonchev–Trinajstić information content (AvgIpc) is 3.12. The van der Waals surface area contributed by atoms with Crippen molar-refractivity contribution < 1.29 is 62.3 Å². The number of aliphatic hydroxyl groups excluding tert-OH is 1. The van der Waals surface area contributed by atoms with Gasteiger partial charge in [-0.2, -0.15) is 0 Å². The van der Waals surface area contributed by atoms with Crippen LogP contribution in [0.4, 0.5) is 0 Å². The Hall–Kier alpha value is -3.58. The van der Waals surface area contributed by atoms with Crippen LogP contribution < -0.4 is 0 Å². The first kappa shape index (κ1) is 49.4. The van der Waals surface area contributed by atoms with Crippen molar-refractivity contribution in [1.82, 2.24) is 0 Å². The van der Waals surface area contributed by atoms with Crippen LogP contribution in [0.15, 0.2) is 24.3 Å². The molecule has 0 amide bonds. The van der Waals surface area contributed by atoms with Crippen molar-refractivity contribution >= 4 is 35.6 Å². The van der Waals surface area contributed by atoms with Crippen molar-refractivity contribution in [3.8, 4) is 0 Å². The van der Waals surface area contributed by atoms with E-state index in [1.54, 1.807) is 7.11 Å². The van der Waals surface area contributed by atoms with Crippen LogP contribution in [0.3, 0.4) is 0 Å². The van der Waals surface area contributed by atoms with Gasteiger partial charge in [-0.25, -0.2) is 14.4 Å². The Morgan fingerprint density at radius 3 is 1.34 bits per heavy atom. The van der Waals surface area contributed by atoms with Crippen LogP contribution in [-0.4, -0.2) is 93.1 Å². The zero-order chi connectivity index (χ0) is 39.7. The molecule has 0 rings (SSSR count). The van der Waals surface area contributed by atoms with Crippen LogP contribution in [0.25, 0.3) is 0 Å². The first-order valence-electron chi connectivity index (χ1n) is 19.2. The summed E-state index contributed by atoms with van der Waals surface area (Å²) < 4.78 is 30.7. The molecule has 0 aliphatic heterocycles. The van der Waals surface area contributed by atoms with Crippen LogP contribution in [0, 0.1) is 11.8 Å². The average molecular weight is 755 g/mol. The summed E-state index contributed by atoms with van der Waals surface area (Å²) >= 11 is 0. The second-order valence-electron chi connectivity index (χ2n) is 13.7. The number of carbonyl (C=O) groups excluding carboxylic acids is 6. The fourth-order valence-corrected chi connectivity index (χ4v) is 4.71. The monoisotopic (exact) mass is 754 g/mol. The van der Waals surface area contributed by atoms with Gasteiger partial charge in [0.05, 0.1) is 38.6 Å². The maximum atomic E-state index is 12.1. The third-order valence-corrected chi connectivity index (χ3v) is 8.38. The number of hydrogen-bond donors (Lipinski definition) is 1. The Morgan fingerprint density at radius 1 is 0.491 bits per heavy atom. The Labute approximate surface area is 316 Å². The molecule has 13 heteroatoms. The highest BCUT2D eigenvalue weighted by molar-refractivity contribution is 5.95. The number of hydrogen-bond acceptors (Lipinski definition) is 13. The molecule has 0 bridgehead atoms. The predicted molar refractivity (Wildman–Crippen MR) is 198 cm³/mol. The SMILES string of the molecule is COC(C)CCC(=O)/C=C/C(=O)OCCC(C)CCC(=O)OCCCCCCCCCCOC(=O)CCC(C)CCOC(=O)/C=C/C(=O)OCC(C)O. The zero-order valence-corrected chi connectivity index (χ0v) is 32.8. The maximum Gasteiger partial charge on any atom is 0.331 e. The smallest absolute Gasteiger partial charge is 0.331 e. The summed E-state index contributed by atoms with van der Waals surface area (Å²) in [5.74, 6) is -2.20. The molecule has 53 heavy (non-hydrogen) atoms. The van der Waals surface area contributed by atoms with Gasteiger partial charge in [-0.3, -0.25) is 14.4 Å². The lowest BCUT2D eigenvalue weighted by Gasteiger charge is -2.11. The molecular formula is C40H66O13. The van der Waals surface area contributed by atoms with E-state index in [1.807, 2.05) is 20.8 Å². The quantitative estimate of drug-likeness (QED) is 0.0341. The van der Waals surface area contributed by atoms with Gasteiger partial charge < -0.3 is 33.5 Å². The van der Waals surface area contributed by atoms with E-state index in [-0.39, 0.29) is 55.5 Å². The number of rotatable bonds is 33.